The van der Waals surface area contributed by atoms with Crippen LogP contribution in [0.2, 0.25) is 0 Å². The lowest BCUT2D eigenvalue weighted by atomic mass is 9.81. The third-order valence-corrected chi connectivity index (χ3v) is 3.63. The zero-order chi connectivity index (χ0) is 15.1. The van der Waals surface area contributed by atoms with Crippen LogP contribution in [0.15, 0.2) is 30.3 Å². The average Bonchev–Trinajstić information content (AvgIpc) is 2.52. The summed E-state index contributed by atoms with van der Waals surface area (Å²) in [4.78, 5) is 25.3. The van der Waals surface area contributed by atoms with E-state index in [-0.39, 0.29) is 33.9 Å². The molecule has 0 atom stereocenters. The van der Waals surface area contributed by atoms with Crippen molar-refractivity contribution in [2.24, 2.45) is 0 Å². The maximum Gasteiger partial charge on any atom is 0.196 e. The number of carbonyl (C=O) groups is 2. The first-order valence-corrected chi connectivity index (χ1v) is 6.33. The van der Waals surface area contributed by atoms with E-state index < -0.39 is 0 Å². The van der Waals surface area contributed by atoms with Crippen molar-refractivity contribution in [1.82, 2.24) is 0 Å². The fourth-order valence-electron chi connectivity index (χ4n) is 2.61. The lowest BCUT2D eigenvalue weighted by molar-refractivity contribution is 0.0980. The third-order valence-electron chi connectivity index (χ3n) is 3.63. The fourth-order valence-corrected chi connectivity index (χ4v) is 2.61. The molecule has 2 aromatic rings. The third kappa shape index (κ3) is 1.63. The SMILES string of the molecule is CNc1cc(C#N)c(N)c2c1C(=O)c1ccccc1C2=O. The minimum absolute atomic E-state index is 0.0550. The van der Waals surface area contributed by atoms with Crippen molar-refractivity contribution in [3.63, 3.8) is 0 Å². The number of benzene rings is 2. The predicted molar refractivity (Wildman–Crippen MR) is 78.4 cm³/mol. The highest BCUT2D eigenvalue weighted by Crippen LogP contribution is 2.36. The Morgan fingerprint density at radius 1 is 1.10 bits per heavy atom. The summed E-state index contributed by atoms with van der Waals surface area (Å²) in [5.41, 5.74) is 7.62. The number of fused-ring (bicyclic) bond motifs is 2. The topological polar surface area (TPSA) is 96.0 Å². The van der Waals surface area contributed by atoms with Gasteiger partial charge >= 0.3 is 0 Å². The van der Waals surface area contributed by atoms with Gasteiger partial charge in [0.05, 0.1) is 22.4 Å². The molecule has 0 aromatic heterocycles. The van der Waals surface area contributed by atoms with E-state index in [2.05, 4.69) is 5.32 Å². The molecule has 2 aromatic carbocycles. The largest absolute Gasteiger partial charge is 0.397 e. The van der Waals surface area contributed by atoms with Crippen molar-refractivity contribution in [2.75, 3.05) is 18.1 Å². The molecule has 1 aliphatic carbocycles. The van der Waals surface area contributed by atoms with Crippen LogP contribution in [0, 0.1) is 11.3 Å². The van der Waals surface area contributed by atoms with Crippen LogP contribution < -0.4 is 11.1 Å². The van der Waals surface area contributed by atoms with Gasteiger partial charge in [0, 0.05) is 23.9 Å². The van der Waals surface area contributed by atoms with E-state index in [0.29, 0.717) is 16.8 Å². The number of hydrogen-bond acceptors (Lipinski definition) is 5. The molecule has 102 valence electrons. The number of nitrogens with two attached hydrogens (primary N) is 1. The van der Waals surface area contributed by atoms with Gasteiger partial charge in [0.15, 0.2) is 11.6 Å². The quantitative estimate of drug-likeness (QED) is 0.663. The molecule has 0 bridgehead atoms. The molecular formula is C16H11N3O2. The predicted octanol–water partition coefficient (Wildman–Crippen LogP) is 1.96. The number of rotatable bonds is 1. The van der Waals surface area contributed by atoms with Crippen LogP contribution in [-0.4, -0.2) is 18.6 Å². The minimum Gasteiger partial charge on any atom is -0.397 e. The molecule has 0 unspecified atom stereocenters. The number of carbonyl (C=O) groups excluding carboxylic acids is 2. The van der Waals surface area contributed by atoms with E-state index >= 15 is 0 Å². The molecule has 0 spiro atoms. The first-order chi connectivity index (χ1) is 10.1. The number of nitriles is 1. The van der Waals surface area contributed by atoms with E-state index in [0.717, 1.165) is 0 Å². The number of nitrogen functional groups attached to an aromatic ring is 1. The summed E-state index contributed by atoms with van der Waals surface area (Å²) in [6.07, 6.45) is 0. The van der Waals surface area contributed by atoms with Gasteiger partial charge in [0.2, 0.25) is 0 Å². The summed E-state index contributed by atoms with van der Waals surface area (Å²) in [5.74, 6) is -0.591. The molecule has 3 N–H and O–H groups in total. The Hall–Kier alpha value is -3.13. The molecular weight excluding hydrogens is 266 g/mol. The lowest BCUT2D eigenvalue weighted by Crippen LogP contribution is -2.24. The zero-order valence-corrected chi connectivity index (χ0v) is 11.2. The van der Waals surface area contributed by atoms with Crippen LogP contribution in [0.1, 0.15) is 37.4 Å². The molecule has 21 heavy (non-hydrogen) atoms. The maximum atomic E-state index is 12.7. The fraction of sp³-hybridized carbons (Fsp3) is 0.0625. The van der Waals surface area contributed by atoms with E-state index in [1.165, 1.54) is 6.07 Å². The smallest absolute Gasteiger partial charge is 0.196 e. The van der Waals surface area contributed by atoms with Gasteiger partial charge in [0.1, 0.15) is 6.07 Å². The standard InChI is InChI=1S/C16H11N3O2/c1-19-11-6-8(7-17)14(18)13-12(11)15(20)9-4-2-3-5-10(9)16(13)21/h2-6,19H,18H2,1H3. The molecule has 3 rings (SSSR count). The van der Waals surface area contributed by atoms with Crippen molar-refractivity contribution in [1.29, 1.82) is 5.26 Å². The summed E-state index contributed by atoms with van der Waals surface area (Å²) in [5, 5.41) is 12.0. The van der Waals surface area contributed by atoms with Crippen molar-refractivity contribution in [3.05, 3.63) is 58.1 Å². The Kier molecular flexibility index (Phi) is 2.73. The van der Waals surface area contributed by atoms with Crippen molar-refractivity contribution in [3.8, 4) is 6.07 Å². The van der Waals surface area contributed by atoms with Crippen LogP contribution in [0.25, 0.3) is 0 Å². The number of hydrogen-bond donors (Lipinski definition) is 2. The molecule has 0 amide bonds. The summed E-state index contributed by atoms with van der Waals surface area (Å²) in [6.45, 7) is 0. The van der Waals surface area contributed by atoms with Gasteiger partial charge in [0.25, 0.3) is 0 Å². The average molecular weight is 277 g/mol. The molecule has 0 fully saturated rings. The number of ketones is 2. The first-order valence-electron chi connectivity index (χ1n) is 6.33. The van der Waals surface area contributed by atoms with Crippen molar-refractivity contribution in [2.45, 2.75) is 0 Å². The Balaban J connectivity index is 2.43. The van der Waals surface area contributed by atoms with Gasteiger partial charge < -0.3 is 11.1 Å². The van der Waals surface area contributed by atoms with Gasteiger partial charge in [-0.1, -0.05) is 24.3 Å². The molecule has 0 heterocycles. The highest BCUT2D eigenvalue weighted by molar-refractivity contribution is 6.32. The summed E-state index contributed by atoms with van der Waals surface area (Å²) in [7, 11) is 1.63. The Morgan fingerprint density at radius 2 is 1.67 bits per heavy atom. The van der Waals surface area contributed by atoms with Gasteiger partial charge in [-0.05, 0) is 6.07 Å². The molecule has 5 nitrogen and oxygen atoms in total. The highest BCUT2D eigenvalue weighted by Gasteiger charge is 2.34. The number of nitrogens with one attached hydrogen (secondary N) is 1. The normalized spacial score (nSPS) is 12.4. The van der Waals surface area contributed by atoms with E-state index in [1.54, 1.807) is 31.3 Å². The minimum atomic E-state index is -0.327. The monoisotopic (exact) mass is 277 g/mol. The number of anilines is 2. The Labute approximate surface area is 121 Å². The van der Waals surface area contributed by atoms with Crippen LogP contribution in [0.5, 0.6) is 0 Å². The van der Waals surface area contributed by atoms with Crippen LogP contribution in [0.3, 0.4) is 0 Å². The summed E-state index contributed by atoms with van der Waals surface area (Å²) >= 11 is 0. The van der Waals surface area contributed by atoms with E-state index in [1.807, 2.05) is 6.07 Å². The Morgan fingerprint density at radius 3 is 2.19 bits per heavy atom. The molecule has 0 aliphatic heterocycles. The van der Waals surface area contributed by atoms with Crippen LogP contribution in [0.4, 0.5) is 11.4 Å². The van der Waals surface area contributed by atoms with E-state index in [4.69, 9.17) is 11.0 Å². The Bertz CT molecular complexity index is 847. The first kappa shape index (κ1) is 12.9. The van der Waals surface area contributed by atoms with Crippen molar-refractivity contribution >= 4 is 22.9 Å². The highest BCUT2D eigenvalue weighted by atomic mass is 16.1. The molecule has 0 radical (unpaired) electrons. The molecule has 5 heteroatoms. The van der Waals surface area contributed by atoms with Crippen molar-refractivity contribution < 1.29 is 9.59 Å². The lowest BCUT2D eigenvalue weighted by Gasteiger charge is -2.22. The van der Waals surface area contributed by atoms with Gasteiger partial charge in [-0.15, -0.1) is 0 Å². The van der Waals surface area contributed by atoms with Crippen LogP contribution >= 0.6 is 0 Å². The van der Waals surface area contributed by atoms with Gasteiger partial charge in [-0.3, -0.25) is 9.59 Å². The summed E-state index contributed by atoms with van der Waals surface area (Å²) < 4.78 is 0. The number of nitrogens with zero attached hydrogens (tertiary/aromatic N) is 1. The molecule has 1 aliphatic rings. The maximum absolute atomic E-state index is 12.7. The second-order valence-electron chi connectivity index (χ2n) is 4.70. The second kappa shape index (κ2) is 4.46. The van der Waals surface area contributed by atoms with E-state index in [9.17, 15) is 9.59 Å². The molecule has 0 saturated carbocycles. The van der Waals surface area contributed by atoms with Gasteiger partial charge in [-0.2, -0.15) is 5.26 Å². The summed E-state index contributed by atoms with van der Waals surface area (Å²) in [6, 6.07) is 10.1. The van der Waals surface area contributed by atoms with Crippen LogP contribution in [-0.2, 0) is 0 Å². The van der Waals surface area contributed by atoms with Gasteiger partial charge in [-0.25, -0.2) is 0 Å². The zero-order valence-electron chi connectivity index (χ0n) is 11.2. The second-order valence-corrected chi connectivity index (χ2v) is 4.70. The molecule has 0 saturated heterocycles.